The zero-order valence-corrected chi connectivity index (χ0v) is 11.0. The Morgan fingerprint density at radius 2 is 2.00 bits per heavy atom. The molecule has 1 unspecified atom stereocenters. The molecule has 1 atom stereocenters. The highest BCUT2D eigenvalue weighted by Crippen LogP contribution is 2.15. The van der Waals surface area contributed by atoms with Crippen LogP contribution in [0.15, 0.2) is 30.3 Å². The van der Waals surface area contributed by atoms with E-state index < -0.39 is 0 Å². The quantitative estimate of drug-likeness (QED) is 0.727. The van der Waals surface area contributed by atoms with Gasteiger partial charge in [0.05, 0.1) is 6.54 Å². The third-order valence-corrected chi connectivity index (χ3v) is 3.41. The molecule has 0 radical (unpaired) electrons. The van der Waals surface area contributed by atoms with Crippen LogP contribution in [0.25, 0.3) is 0 Å². The van der Waals surface area contributed by atoms with Crippen molar-refractivity contribution in [1.29, 1.82) is 0 Å². The van der Waals surface area contributed by atoms with Crippen molar-refractivity contribution in [3.63, 3.8) is 0 Å². The van der Waals surface area contributed by atoms with E-state index in [4.69, 9.17) is 0 Å². The van der Waals surface area contributed by atoms with Gasteiger partial charge in [0.25, 0.3) is 0 Å². The zero-order valence-electron chi connectivity index (χ0n) is 11.0. The van der Waals surface area contributed by atoms with Crippen molar-refractivity contribution in [2.45, 2.75) is 6.92 Å². The molecule has 0 spiro atoms. The van der Waals surface area contributed by atoms with Crippen molar-refractivity contribution in [3.8, 4) is 0 Å². The summed E-state index contributed by atoms with van der Waals surface area (Å²) in [7, 11) is 0. The topological polar surface area (TPSA) is 70.2 Å². The summed E-state index contributed by atoms with van der Waals surface area (Å²) in [4.78, 5) is 23.5. The predicted octanol–water partition coefficient (Wildman–Crippen LogP) is 0.597. The first-order chi connectivity index (χ1) is 9.16. The number of rotatable bonds is 5. The van der Waals surface area contributed by atoms with Gasteiger partial charge in [0, 0.05) is 11.6 Å². The number of amides is 2. The summed E-state index contributed by atoms with van der Waals surface area (Å²) in [6, 6.07) is 9.19. The van der Waals surface area contributed by atoms with E-state index in [1.54, 1.807) is 0 Å². The molecule has 1 heterocycles. The number of carbonyl (C=O) groups excluding carboxylic acids is 2. The maximum Gasteiger partial charge on any atom is 0.243 e. The number of para-hydroxylation sites is 1. The fourth-order valence-electron chi connectivity index (χ4n) is 1.93. The number of hydrogen-bond acceptors (Lipinski definition) is 3. The Morgan fingerprint density at radius 1 is 1.32 bits per heavy atom. The van der Waals surface area contributed by atoms with Gasteiger partial charge in [0.1, 0.15) is 0 Å². The van der Waals surface area contributed by atoms with E-state index in [2.05, 4.69) is 16.0 Å². The lowest BCUT2D eigenvalue weighted by Gasteiger charge is -2.31. The summed E-state index contributed by atoms with van der Waals surface area (Å²) in [5.41, 5.74) is 0.734. The maximum atomic E-state index is 11.8. The minimum absolute atomic E-state index is 0.0121. The molecule has 5 heteroatoms. The third kappa shape index (κ3) is 3.79. The van der Waals surface area contributed by atoms with Crippen LogP contribution in [-0.2, 0) is 9.59 Å². The lowest BCUT2D eigenvalue weighted by atomic mass is 9.88. The van der Waals surface area contributed by atoms with Crippen LogP contribution in [0, 0.1) is 11.8 Å². The summed E-state index contributed by atoms with van der Waals surface area (Å²) in [6.07, 6.45) is 0. The van der Waals surface area contributed by atoms with Crippen LogP contribution in [0.2, 0.25) is 0 Å². The lowest BCUT2D eigenvalue weighted by molar-refractivity contribution is -0.128. The van der Waals surface area contributed by atoms with Crippen molar-refractivity contribution < 1.29 is 9.59 Å². The molecule has 0 aliphatic carbocycles. The van der Waals surface area contributed by atoms with E-state index in [0.717, 1.165) is 18.8 Å². The Hall–Kier alpha value is -1.88. The van der Waals surface area contributed by atoms with E-state index in [9.17, 15) is 9.59 Å². The van der Waals surface area contributed by atoms with Crippen LogP contribution in [0.5, 0.6) is 0 Å². The molecule has 1 aliphatic rings. The van der Waals surface area contributed by atoms with Gasteiger partial charge in [-0.3, -0.25) is 9.59 Å². The molecule has 5 nitrogen and oxygen atoms in total. The molecule has 19 heavy (non-hydrogen) atoms. The Balaban J connectivity index is 1.72. The third-order valence-electron chi connectivity index (χ3n) is 3.41. The van der Waals surface area contributed by atoms with Gasteiger partial charge in [-0.25, -0.2) is 0 Å². The molecule has 1 fully saturated rings. The van der Waals surface area contributed by atoms with Crippen molar-refractivity contribution in [2.75, 3.05) is 25.0 Å². The molecule has 0 bridgehead atoms. The minimum Gasteiger partial charge on any atom is -0.347 e. The Morgan fingerprint density at radius 3 is 2.58 bits per heavy atom. The van der Waals surface area contributed by atoms with E-state index in [0.29, 0.717) is 5.92 Å². The Labute approximate surface area is 112 Å². The summed E-state index contributed by atoms with van der Waals surface area (Å²) < 4.78 is 0. The van der Waals surface area contributed by atoms with Gasteiger partial charge >= 0.3 is 0 Å². The largest absolute Gasteiger partial charge is 0.347 e. The second-order valence-electron chi connectivity index (χ2n) is 4.84. The van der Waals surface area contributed by atoms with Crippen molar-refractivity contribution in [1.82, 2.24) is 10.6 Å². The molecule has 1 aromatic rings. The predicted molar refractivity (Wildman–Crippen MR) is 73.6 cm³/mol. The fraction of sp³-hybridized carbons (Fsp3) is 0.429. The molecule has 2 rings (SSSR count). The van der Waals surface area contributed by atoms with E-state index in [1.807, 2.05) is 37.3 Å². The van der Waals surface area contributed by atoms with Crippen molar-refractivity contribution in [3.05, 3.63) is 30.3 Å². The highest BCUT2D eigenvalue weighted by molar-refractivity contribution is 5.94. The van der Waals surface area contributed by atoms with Crippen LogP contribution in [0.4, 0.5) is 5.69 Å². The molecular formula is C14H19N3O2. The number of carbonyl (C=O) groups is 2. The van der Waals surface area contributed by atoms with Crippen LogP contribution in [0.1, 0.15) is 6.92 Å². The monoisotopic (exact) mass is 261 g/mol. The average Bonchev–Trinajstić information content (AvgIpc) is 2.35. The average molecular weight is 261 g/mol. The van der Waals surface area contributed by atoms with E-state index in [1.165, 1.54) is 0 Å². The van der Waals surface area contributed by atoms with Gasteiger partial charge in [0.15, 0.2) is 0 Å². The standard InChI is InChI=1S/C14H19N3O2/c1-10(11-7-15-8-11)14(19)16-9-13(18)17-12-5-3-2-4-6-12/h2-6,10-11,15H,7-9H2,1H3,(H,16,19)(H,17,18). The fourth-order valence-corrected chi connectivity index (χ4v) is 1.93. The molecule has 0 saturated carbocycles. The minimum atomic E-state index is -0.210. The highest BCUT2D eigenvalue weighted by atomic mass is 16.2. The smallest absolute Gasteiger partial charge is 0.243 e. The molecule has 2 amide bonds. The first kappa shape index (κ1) is 13.5. The van der Waals surface area contributed by atoms with E-state index >= 15 is 0 Å². The van der Waals surface area contributed by atoms with Gasteiger partial charge < -0.3 is 16.0 Å². The first-order valence-electron chi connectivity index (χ1n) is 6.50. The van der Waals surface area contributed by atoms with Crippen molar-refractivity contribution >= 4 is 17.5 Å². The molecule has 1 aliphatic heterocycles. The van der Waals surface area contributed by atoms with Crippen molar-refractivity contribution in [2.24, 2.45) is 11.8 Å². The zero-order chi connectivity index (χ0) is 13.7. The summed E-state index contributed by atoms with van der Waals surface area (Å²) >= 11 is 0. The summed E-state index contributed by atoms with van der Waals surface area (Å²) in [5.74, 6) is 0.0659. The maximum absolute atomic E-state index is 11.8. The molecular weight excluding hydrogens is 242 g/mol. The molecule has 1 saturated heterocycles. The molecule has 0 aromatic heterocycles. The highest BCUT2D eigenvalue weighted by Gasteiger charge is 2.28. The Kier molecular flexibility index (Phi) is 4.52. The second kappa shape index (κ2) is 6.33. The second-order valence-corrected chi connectivity index (χ2v) is 4.84. The number of hydrogen-bond donors (Lipinski definition) is 3. The van der Waals surface area contributed by atoms with Crippen LogP contribution in [-0.4, -0.2) is 31.4 Å². The van der Waals surface area contributed by atoms with E-state index in [-0.39, 0.29) is 24.3 Å². The summed E-state index contributed by atoms with van der Waals surface area (Å²) in [6.45, 7) is 3.67. The number of nitrogens with one attached hydrogen (secondary N) is 3. The van der Waals surface area contributed by atoms with Gasteiger partial charge in [-0.1, -0.05) is 25.1 Å². The lowest BCUT2D eigenvalue weighted by Crippen LogP contribution is -2.50. The van der Waals surface area contributed by atoms with Crippen LogP contribution in [0.3, 0.4) is 0 Å². The summed E-state index contributed by atoms with van der Waals surface area (Å²) in [5, 5.41) is 8.54. The number of benzene rings is 1. The van der Waals surface area contributed by atoms with Crippen LogP contribution >= 0.6 is 0 Å². The number of anilines is 1. The van der Waals surface area contributed by atoms with Gasteiger partial charge in [-0.2, -0.15) is 0 Å². The van der Waals surface area contributed by atoms with Crippen LogP contribution < -0.4 is 16.0 Å². The van der Waals surface area contributed by atoms with Gasteiger partial charge in [-0.05, 0) is 31.1 Å². The first-order valence-corrected chi connectivity index (χ1v) is 6.50. The van der Waals surface area contributed by atoms with Gasteiger partial charge in [0.2, 0.25) is 11.8 Å². The molecule has 1 aromatic carbocycles. The van der Waals surface area contributed by atoms with Gasteiger partial charge in [-0.15, -0.1) is 0 Å². The SMILES string of the molecule is CC(C(=O)NCC(=O)Nc1ccccc1)C1CNC1. The molecule has 102 valence electrons. The Bertz CT molecular complexity index is 443. The molecule has 3 N–H and O–H groups in total. The normalized spacial score (nSPS) is 16.3.